The fourth-order valence-electron chi connectivity index (χ4n) is 2.93. The molecule has 0 fully saturated rings. The van der Waals surface area contributed by atoms with Gasteiger partial charge < -0.3 is 19.5 Å². The SMILES string of the molecule is COC(=O)C(Cc1ccc(OC)c(C(=O)NCc2ccc(C(F)(F)F)cc2)c1)C(=O)OC. The van der Waals surface area contributed by atoms with Crippen molar-refractivity contribution in [1.29, 1.82) is 0 Å². The molecule has 0 aliphatic rings. The topological polar surface area (TPSA) is 90.9 Å². The Labute approximate surface area is 182 Å². The number of ether oxygens (including phenoxy) is 3. The maximum atomic E-state index is 12.7. The molecule has 0 aliphatic carbocycles. The molecule has 0 unspecified atom stereocenters. The molecule has 0 heterocycles. The van der Waals surface area contributed by atoms with E-state index in [1.165, 1.54) is 31.4 Å². The quantitative estimate of drug-likeness (QED) is 0.488. The standard InChI is InChI=1S/C22H22F3NO6/c1-30-18-9-6-14(11-17(20(28)31-2)21(29)32-3)10-16(18)19(27)26-12-13-4-7-15(8-5-13)22(23,24)25/h4-10,17H,11-12H2,1-3H3,(H,26,27). The van der Waals surface area contributed by atoms with Crippen LogP contribution in [0.1, 0.15) is 27.0 Å². The molecule has 0 spiro atoms. The first-order valence-corrected chi connectivity index (χ1v) is 9.37. The molecule has 1 N–H and O–H groups in total. The first-order chi connectivity index (χ1) is 15.1. The Morgan fingerprint density at radius 1 is 0.906 bits per heavy atom. The molecule has 0 aliphatic heterocycles. The second-order valence-corrected chi connectivity index (χ2v) is 6.72. The Morgan fingerprint density at radius 3 is 1.97 bits per heavy atom. The number of amides is 1. The predicted octanol–water partition coefficient (Wildman–Crippen LogP) is 3.15. The van der Waals surface area contributed by atoms with E-state index in [0.29, 0.717) is 11.1 Å². The highest BCUT2D eigenvalue weighted by Gasteiger charge is 2.30. The minimum Gasteiger partial charge on any atom is -0.496 e. The Balaban J connectivity index is 2.18. The van der Waals surface area contributed by atoms with Crippen LogP contribution in [0.15, 0.2) is 42.5 Å². The number of alkyl halides is 3. The lowest BCUT2D eigenvalue weighted by Crippen LogP contribution is -2.29. The summed E-state index contributed by atoms with van der Waals surface area (Å²) in [6.45, 7) is -0.0166. The Hall–Kier alpha value is -3.56. The van der Waals surface area contributed by atoms with Crippen LogP contribution in [0.5, 0.6) is 5.75 Å². The summed E-state index contributed by atoms with van der Waals surface area (Å²) in [5.74, 6) is -3.06. The number of nitrogens with one attached hydrogen (secondary N) is 1. The lowest BCUT2D eigenvalue weighted by molar-refractivity contribution is -0.158. The number of hydrogen-bond acceptors (Lipinski definition) is 6. The van der Waals surface area contributed by atoms with E-state index in [1.54, 1.807) is 6.07 Å². The number of halogens is 3. The monoisotopic (exact) mass is 453 g/mol. The first kappa shape index (κ1) is 24.7. The highest BCUT2D eigenvalue weighted by atomic mass is 19.4. The molecule has 0 radical (unpaired) electrons. The van der Waals surface area contributed by atoms with Crippen LogP contribution in [0.25, 0.3) is 0 Å². The van der Waals surface area contributed by atoms with Crippen molar-refractivity contribution in [2.24, 2.45) is 5.92 Å². The van der Waals surface area contributed by atoms with E-state index in [9.17, 15) is 27.6 Å². The van der Waals surface area contributed by atoms with Crippen LogP contribution in [0, 0.1) is 5.92 Å². The van der Waals surface area contributed by atoms with E-state index < -0.39 is 35.5 Å². The number of methoxy groups -OCH3 is 3. The fourth-order valence-corrected chi connectivity index (χ4v) is 2.93. The summed E-state index contributed by atoms with van der Waals surface area (Å²) in [4.78, 5) is 36.5. The minimum atomic E-state index is -4.44. The lowest BCUT2D eigenvalue weighted by Gasteiger charge is -2.15. The Kier molecular flexibility index (Phi) is 8.22. The van der Waals surface area contributed by atoms with Crippen LogP contribution in [-0.2, 0) is 38.2 Å². The second-order valence-electron chi connectivity index (χ2n) is 6.72. The molecular weight excluding hydrogens is 431 g/mol. The average Bonchev–Trinajstić information content (AvgIpc) is 2.79. The van der Waals surface area contributed by atoms with E-state index in [1.807, 2.05) is 0 Å². The number of esters is 2. The molecule has 10 heteroatoms. The minimum absolute atomic E-state index is 0.0166. The molecule has 172 valence electrons. The van der Waals surface area contributed by atoms with Crippen LogP contribution in [0.3, 0.4) is 0 Å². The maximum Gasteiger partial charge on any atom is 0.416 e. The molecule has 0 atom stereocenters. The van der Waals surface area contributed by atoms with Gasteiger partial charge in [0, 0.05) is 6.54 Å². The third kappa shape index (κ3) is 6.22. The van der Waals surface area contributed by atoms with E-state index in [0.717, 1.165) is 26.4 Å². The van der Waals surface area contributed by atoms with Crippen molar-refractivity contribution >= 4 is 17.8 Å². The fraction of sp³-hybridized carbons (Fsp3) is 0.318. The summed E-state index contributed by atoms with van der Waals surface area (Å²) < 4.78 is 52.5. The summed E-state index contributed by atoms with van der Waals surface area (Å²) in [5.41, 5.74) is 0.294. The van der Waals surface area contributed by atoms with Crippen LogP contribution in [0.2, 0.25) is 0 Å². The zero-order chi connectivity index (χ0) is 23.9. The zero-order valence-electron chi connectivity index (χ0n) is 17.6. The van der Waals surface area contributed by atoms with Gasteiger partial charge in [0.05, 0.1) is 32.5 Å². The van der Waals surface area contributed by atoms with Crippen molar-refractivity contribution in [3.8, 4) is 5.75 Å². The van der Waals surface area contributed by atoms with E-state index in [-0.39, 0.29) is 24.3 Å². The highest BCUT2D eigenvalue weighted by molar-refractivity contribution is 5.97. The van der Waals surface area contributed by atoms with Gasteiger partial charge in [-0.2, -0.15) is 13.2 Å². The van der Waals surface area contributed by atoms with Gasteiger partial charge in [-0.05, 0) is 41.8 Å². The summed E-state index contributed by atoms with van der Waals surface area (Å²) in [7, 11) is 3.66. The summed E-state index contributed by atoms with van der Waals surface area (Å²) in [6.07, 6.45) is -4.51. The van der Waals surface area contributed by atoms with Gasteiger partial charge in [0.25, 0.3) is 5.91 Å². The van der Waals surface area contributed by atoms with Crippen molar-refractivity contribution in [2.75, 3.05) is 21.3 Å². The maximum absolute atomic E-state index is 12.7. The lowest BCUT2D eigenvalue weighted by atomic mass is 9.97. The van der Waals surface area contributed by atoms with Gasteiger partial charge in [-0.1, -0.05) is 18.2 Å². The van der Waals surface area contributed by atoms with Crippen molar-refractivity contribution in [3.63, 3.8) is 0 Å². The Morgan fingerprint density at radius 2 is 1.47 bits per heavy atom. The molecule has 1 amide bonds. The molecule has 0 aromatic heterocycles. The van der Waals surface area contributed by atoms with Crippen LogP contribution < -0.4 is 10.1 Å². The first-order valence-electron chi connectivity index (χ1n) is 9.37. The summed E-state index contributed by atoms with van der Waals surface area (Å²) >= 11 is 0. The predicted molar refractivity (Wildman–Crippen MR) is 107 cm³/mol. The van der Waals surface area contributed by atoms with Crippen LogP contribution in [-0.4, -0.2) is 39.2 Å². The van der Waals surface area contributed by atoms with E-state index in [4.69, 9.17) is 4.74 Å². The third-order valence-electron chi connectivity index (χ3n) is 4.65. The van der Waals surface area contributed by atoms with Gasteiger partial charge in [0.1, 0.15) is 5.75 Å². The molecule has 0 bridgehead atoms. The molecule has 2 aromatic rings. The average molecular weight is 453 g/mol. The third-order valence-corrected chi connectivity index (χ3v) is 4.65. The molecule has 0 saturated heterocycles. The summed E-state index contributed by atoms with van der Waals surface area (Å²) in [5, 5.41) is 2.61. The molecule has 32 heavy (non-hydrogen) atoms. The van der Waals surface area contributed by atoms with Gasteiger partial charge in [0.15, 0.2) is 5.92 Å². The van der Waals surface area contributed by atoms with Gasteiger partial charge in [-0.3, -0.25) is 14.4 Å². The van der Waals surface area contributed by atoms with E-state index in [2.05, 4.69) is 14.8 Å². The van der Waals surface area contributed by atoms with Crippen LogP contribution >= 0.6 is 0 Å². The number of rotatable bonds is 8. The van der Waals surface area contributed by atoms with Gasteiger partial charge in [-0.15, -0.1) is 0 Å². The number of hydrogen-bond donors (Lipinski definition) is 1. The largest absolute Gasteiger partial charge is 0.496 e. The zero-order valence-corrected chi connectivity index (χ0v) is 17.6. The van der Waals surface area contributed by atoms with Gasteiger partial charge >= 0.3 is 18.1 Å². The van der Waals surface area contributed by atoms with Gasteiger partial charge in [-0.25, -0.2) is 0 Å². The van der Waals surface area contributed by atoms with Gasteiger partial charge in [0.2, 0.25) is 0 Å². The molecule has 2 aromatic carbocycles. The second kappa shape index (κ2) is 10.7. The normalized spacial score (nSPS) is 11.1. The Bertz CT molecular complexity index is 957. The van der Waals surface area contributed by atoms with Crippen molar-refractivity contribution < 1.29 is 41.8 Å². The van der Waals surface area contributed by atoms with Crippen molar-refractivity contribution in [3.05, 3.63) is 64.7 Å². The molecule has 0 saturated carbocycles. The molecule has 2 rings (SSSR count). The highest BCUT2D eigenvalue weighted by Crippen LogP contribution is 2.29. The molecule has 7 nitrogen and oxygen atoms in total. The van der Waals surface area contributed by atoms with Crippen molar-refractivity contribution in [1.82, 2.24) is 5.32 Å². The van der Waals surface area contributed by atoms with Crippen LogP contribution in [0.4, 0.5) is 13.2 Å². The molecular formula is C22H22F3NO6. The number of carbonyl (C=O) groups excluding carboxylic acids is 3. The number of benzene rings is 2. The smallest absolute Gasteiger partial charge is 0.416 e. The summed E-state index contributed by atoms with van der Waals surface area (Å²) in [6, 6.07) is 8.96. The van der Waals surface area contributed by atoms with Crippen molar-refractivity contribution in [2.45, 2.75) is 19.1 Å². The van der Waals surface area contributed by atoms with E-state index >= 15 is 0 Å². The number of carbonyl (C=O) groups is 3.